The van der Waals surface area contributed by atoms with Crippen LogP contribution in [0.3, 0.4) is 0 Å². The van der Waals surface area contributed by atoms with Crippen molar-refractivity contribution in [3.63, 3.8) is 0 Å². The molecular weight excluding hydrogens is 378 g/mol. The van der Waals surface area contributed by atoms with Crippen LogP contribution in [0, 0.1) is 0 Å². The largest absolute Gasteiger partial charge is 0.387 e. The monoisotopic (exact) mass is 403 g/mol. The van der Waals surface area contributed by atoms with Gasteiger partial charge in [0, 0.05) is 24.0 Å². The maximum absolute atomic E-state index is 11.5. The summed E-state index contributed by atoms with van der Waals surface area (Å²) < 4.78 is 0. The Morgan fingerprint density at radius 3 is 2.93 bits per heavy atom. The third kappa shape index (κ3) is 5.71. The number of halogens is 1. The molecule has 0 radical (unpaired) electrons. The molecule has 0 unspecified atom stereocenters. The second kappa shape index (κ2) is 9.92. The van der Waals surface area contributed by atoms with E-state index in [-0.39, 0.29) is 12.0 Å². The first-order valence-corrected chi connectivity index (χ1v) is 10.1. The SMILES string of the molecule is CCCC(=O)OOc1ccc2c(c1)C[C@@H](NC[C@H](O)c1cccc(Cl)c1)CC2. The molecular formula is C22H26ClNO4. The second-order valence-electron chi connectivity index (χ2n) is 7.14. The van der Waals surface area contributed by atoms with E-state index in [1.54, 1.807) is 12.1 Å². The van der Waals surface area contributed by atoms with Crippen molar-refractivity contribution in [3.05, 3.63) is 64.2 Å². The molecule has 2 aromatic rings. The number of aliphatic hydroxyl groups is 1. The van der Waals surface area contributed by atoms with Gasteiger partial charge in [-0.2, -0.15) is 0 Å². The van der Waals surface area contributed by atoms with Gasteiger partial charge in [-0.1, -0.05) is 36.7 Å². The van der Waals surface area contributed by atoms with Crippen LogP contribution in [0.2, 0.25) is 5.02 Å². The molecule has 0 bridgehead atoms. The average Bonchev–Trinajstić information content (AvgIpc) is 2.70. The molecule has 2 aromatic carbocycles. The van der Waals surface area contributed by atoms with Crippen molar-refractivity contribution in [2.24, 2.45) is 0 Å². The lowest BCUT2D eigenvalue weighted by Crippen LogP contribution is -2.37. The Kier molecular flexibility index (Phi) is 7.31. The molecule has 2 N–H and O–H groups in total. The standard InChI is InChI=1S/C22H26ClNO4/c1-2-4-22(26)28-27-20-10-8-15-7-9-19(12-17(15)13-20)24-14-21(25)16-5-3-6-18(23)11-16/h3,5-6,8,10-11,13,19,21,24-25H,2,4,7,9,12,14H2,1H3/t19-,21-/m0/s1. The molecule has 150 valence electrons. The molecule has 5 nitrogen and oxygen atoms in total. The summed E-state index contributed by atoms with van der Waals surface area (Å²) in [5.74, 6) is 0.164. The zero-order valence-corrected chi connectivity index (χ0v) is 16.7. The lowest BCUT2D eigenvalue weighted by atomic mass is 9.88. The minimum Gasteiger partial charge on any atom is -0.387 e. The normalized spacial score (nSPS) is 16.9. The van der Waals surface area contributed by atoms with Crippen molar-refractivity contribution in [2.45, 2.75) is 51.2 Å². The van der Waals surface area contributed by atoms with E-state index in [0.717, 1.165) is 31.2 Å². The summed E-state index contributed by atoms with van der Waals surface area (Å²) in [4.78, 5) is 21.4. The third-order valence-corrected chi connectivity index (χ3v) is 5.16. The number of benzene rings is 2. The Bertz CT molecular complexity index is 811. The van der Waals surface area contributed by atoms with E-state index in [2.05, 4.69) is 5.32 Å². The number of carbonyl (C=O) groups excluding carboxylic acids is 1. The van der Waals surface area contributed by atoms with E-state index in [1.165, 1.54) is 11.1 Å². The Morgan fingerprint density at radius 1 is 1.29 bits per heavy atom. The molecule has 0 fully saturated rings. The van der Waals surface area contributed by atoms with E-state index >= 15 is 0 Å². The first kappa shape index (κ1) is 20.6. The van der Waals surface area contributed by atoms with E-state index in [0.29, 0.717) is 23.7 Å². The molecule has 0 aromatic heterocycles. The fourth-order valence-corrected chi connectivity index (χ4v) is 3.61. The Balaban J connectivity index is 1.54. The number of nitrogens with one attached hydrogen (secondary N) is 1. The molecule has 6 heteroatoms. The Hall–Kier alpha value is -2.08. The molecule has 3 rings (SSSR count). The number of carbonyl (C=O) groups is 1. The van der Waals surface area contributed by atoms with Gasteiger partial charge >= 0.3 is 5.97 Å². The van der Waals surface area contributed by atoms with Crippen LogP contribution in [0.5, 0.6) is 5.75 Å². The fourth-order valence-electron chi connectivity index (χ4n) is 3.41. The number of aryl methyl sites for hydroxylation is 1. The van der Waals surface area contributed by atoms with Gasteiger partial charge in [-0.25, -0.2) is 4.79 Å². The van der Waals surface area contributed by atoms with Gasteiger partial charge in [0.25, 0.3) is 0 Å². The van der Waals surface area contributed by atoms with Gasteiger partial charge in [-0.15, -0.1) is 0 Å². The van der Waals surface area contributed by atoms with E-state index in [4.69, 9.17) is 21.4 Å². The minimum absolute atomic E-state index is 0.263. The summed E-state index contributed by atoms with van der Waals surface area (Å²) in [6.07, 6.45) is 3.24. The minimum atomic E-state index is -0.604. The van der Waals surface area contributed by atoms with Gasteiger partial charge < -0.3 is 10.4 Å². The van der Waals surface area contributed by atoms with Gasteiger partial charge in [0.1, 0.15) is 0 Å². The molecule has 0 heterocycles. The van der Waals surface area contributed by atoms with Crippen LogP contribution >= 0.6 is 11.6 Å². The van der Waals surface area contributed by atoms with Gasteiger partial charge in [-0.05, 0) is 66.6 Å². The van der Waals surface area contributed by atoms with Crippen molar-refractivity contribution >= 4 is 17.6 Å². The predicted octanol–water partition coefficient (Wildman–Crippen LogP) is 4.16. The highest BCUT2D eigenvalue weighted by Gasteiger charge is 2.20. The maximum Gasteiger partial charge on any atom is 0.355 e. The van der Waals surface area contributed by atoms with E-state index in [9.17, 15) is 9.90 Å². The van der Waals surface area contributed by atoms with Crippen molar-refractivity contribution < 1.29 is 19.7 Å². The average molecular weight is 404 g/mol. The first-order valence-electron chi connectivity index (χ1n) is 9.71. The van der Waals surface area contributed by atoms with Crippen molar-refractivity contribution in [1.29, 1.82) is 0 Å². The molecule has 0 spiro atoms. The van der Waals surface area contributed by atoms with Crippen LogP contribution in [0.15, 0.2) is 42.5 Å². The predicted molar refractivity (Wildman–Crippen MR) is 108 cm³/mol. The molecule has 1 aliphatic rings. The lowest BCUT2D eigenvalue weighted by molar-refractivity contribution is -0.213. The zero-order valence-electron chi connectivity index (χ0n) is 16.0. The highest BCUT2D eigenvalue weighted by molar-refractivity contribution is 6.30. The number of fused-ring (bicyclic) bond motifs is 1. The summed E-state index contributed by atoms with van der Waals surface area (Å²) >= 11 is 6.00. The Morgan fingerprint density at radius 2 is 2.14 bits per heavy atom. The van der Waals surface area contributed by atoms with E-state index < -0.39 is 6.10 Å². The fraction of sp³-hybridized carbons (Fsp3) is 0.409. The molecule has 0 aliphatic heterocycles. The van der Waals surface area contributed by atoms with Crippen LogP contribution in [0.25, 0.3) is 0 Å². The summed E-state index contributed by atoms with van der Waals surface area (Å²) in [6.45, 7) is 2.38. The summed E-state index contributed by atoms with van der Waals surface area (Å²) in [7, 11) is 0. The van der Waals surface area contributed by atoms with Crippen molar-refractivity contribution in [2.75, 3.05) is 6.54 Å². The molecule has 2 atom stereocenters. The number of rotatable bonds is 8. The highest BCUT2D eigenvalue weighted by Crippen LogP contribution is 2.26. The first-order chi connectivity index (χ1) is 13.5. The molecule has 28 heavy (non-hydrogen) atoms. The van der Waals surface area contributed by atoms with Crippen LogP contribution in [0.1, 0.15) is 49.0 Å². The van der Waals surface area contributed by atoms with Crippen molar-refractivity contribution in [3.8, 4) is 5.75 Å². The molecule has 0 saturated heterocycles. The highest BCUT2D eigenvalue weighted by atomic mass is 35.5. The van der Waals surface area contributed by atoms with Crippen LogP contribution in [0.4, 0.5) is 0 Å². The van der Waals surface area contributed by atoms with E-state index in [1.807, 2.05) is 37.3 Å². The molecule has 0 amide bonds. The smallest absolute Gasteiger partial charge is 0.355 e. The van der Waals surface area contributed by atoms with Gasteiger partial charge in [0.05, 0.1) is 6.10 Å². The van der Waals surface area contributed by atoms with Crippen molar-refractivity contribution in [1.82, 2.24) is 5.32 Å². The topological polar surface area (TPSA) is 67.8 Å². The van der Waals surface area contributed by atoms with Crippen LogP contribution < -0.4 is 10.2 Å². The molecule has 0 saturated carbocycles. The second-order valence-corrected chi connectivity index (χ2v) is 7.57. The number of aliphatic hydroxyl groups excluding tert-OH is 1. The lowest BCUT2D eigenvalue weighted by Gasteiger charge is -2.27. The number of hydrogen-bond acceptors (Lipinski definition) is 5. The number of hydrogen-bond donors (Lipinski definition) is 2. The zero-order chi connectivity index (χ0) is 19.9. The van der Waals surface area contributed by atoms with Crippen LogP contribution in [-0.2, 0) is 22.5 Å². The summed E-state index contributed by atoms with van der Waals surface area (Å²) in [6, 6.07) is 13.3. The quantitative estimate of drug-likeness (QED) is 0.511. The van der Waals surface area contributed by atoms with Gasteiger partial charge in [0.15, 0.2) is 5.75 Å². The third-order valence-electron chi connectivity index (χ3n) is 4.92. The Labute approximate surface area is 170 Å². The summed E-state index contributed by atoms with van der Waals surface area (Å²) in [5, 5.41) is 14.5. The molecule has 1 aliphatic carbocycles. The van der Waals surface area contributed by atoms with Gasteiger partial charge in [-0.3, -0.25) is 9.78 Å². The summed E-state index contributed by atoms with van der Waals surface area (Å²) in [5.41, 5.74) is 3.26. The van der Waals surface area contributed by atoms with Crippen LogP contribution in [-0.4, -0.2) is 23.7 Å². The van der Waals surface area contributed by atoms with Gasteiger partial charge in [0.2, 0.25) is 0 Å². The maximum atomic E-state index is 11.5.